The highest BCUT2D eigenvalue weighted by Gasteiger charge is 2.56. The highest BCUT2D eigenvalue weighted by Crippen LogP contribution is 2.59. The predicted molar refractivity (Wildman–Crippen MR) is 96.3 cm³/mol. The summed E-state index contributed by atoms with van der Waals surface area (Å²) >= 11 is 0. The Morgan fingerprint density at radius 1 is 1.28 bits per heavy atom. The van der Waals surface area contributed by atoms with Crippen molar-refractivity contribution in [3.63, 3.8) is 0 Å². The van der Waals surface area contributed by atoms with E-state index in [2.05, 4.69) is 32.0 Å². The number of halogens is 1. The Labute approximate surface area is 149 Å². The lowest BCUT2D eigenvalue weighted by molar-refractivity contribution is -0.0703. The summed E-state index contributed by atoms with van der Waals surface area (Å²) in [6.07, 6.45) is 6.59. The minimum absolute atomic E-state index is 0.211. The second-order valence-corrected chi connectivity index (χ2v) is 7.51. The Balaban J connectivity index is 2.01. The summed E-state index contributed by atoms with van der Waals surface area (Å²) in [5.41, 5.74) is 2.20. The van der Waals surface area contributed by atoms with Gasteiger partial charge < -0.3 is 9.64 Å². The molecule has 0 N–H and O–H groups in total. The Bertz CT molecular complexity index is 744. The molecule has 132 valence electrons. The van der Waals surface area contributed by atoms with Crippen molar-refractivity contribution in [3.05, 3.63) is 58.9 Å². The van der Waals surface area contributed by atoms with Gasteiger partial charge in [-0.05, 0) is 69.2 Å². The van der Waals surface area contributed by atoms with E-state index in [-0.39, 0.29) is 11.2 Å². The molecule has 1 aliphatic heterocycles. The van der Waals surface area contributed by atoms with Gasteiger partial charge in [0.15, 0.2) is 0 Å². The lowest BCUT2D eigenvalue weighted by Gasteiger charge is -2.44. The maximum Gasteiger partial charge on any atom is 0.123 e. The van der Waals surface area contributed by atoms with Crippen molar-refractivity contribution in [1.29, 1.82) is 5.26 Å². The molecule has 25 heavy (non-hydrogen) atoms. The lowest BCUT2D eigenvalue weighted by Crippen LogP contribution is -2.42. The summed E-state index contributed by atoms with van der Waals surface area (Å²) in [6, 6.07) is 8.96. The summed E-state index contributed by atoms with van der Waals surface area (Å²) in [4.78, 5) is 2.17. The monoisotopic (exact) mass is 340 g/mol. The minimum atomic E-state index is -0.486. The van der Waals surface area contributed by atoms with Crippen LogP contribution in [0.5, 0.6) is 0 Å². The molecule has 3 nitrogen and oxygen atoms in total. The maximum absolute atomic E-state index is 13.5. The molecular formula is C21H25FN2O. The first-order valence-corrected chi connectivity index (χ1v) is 8.77. The molecule has 3 rings (SSSR count). The van der Waals surface area contributed by atoms with Crippen LogP contribution in [0.1, 0.15) is 31.7 Å². The van der Waals surface area contributed by atoms with Crippen molar-refractivity contribution < 1.29 is 9.13 Å². The van der Waals surface area contributed by atoms with E-state index in [1.54, 1.807) is 0 Å². The Morgan fingerprint density at radius 3 is 2.64 bits per heavy atom. The van der Waals surface area contributed by atoms with Crippen LogP contribution in [0.2, 0.25) is 0 Å². The van der Waals surface area contributed by atoms with E-state index >= 15 is 0 Å². The molecule has 0 radical (unpaired) electrons. The van der Waals surface area contributed by atoms with Gasteiger partial charge in [0.1, 0.15) is 11.4 Å². The van der Waals surface area contributed by atoms with Crippen LogP contribution in [0.15, 0.2) is 47.6 Å². The zero-order valence-corrected chi connectivity index (χ0v) is 15.2. The highest BCUT2D eigenvalue weighted by molar-refractivity contribution is 5.46. The molecular weight excluding hydrogens is 315 g/mol. The van der Waals surface area contributed by atoms with Crippen LogP contribution in [0, 0.1) is 22.6 Å². The smallest absolute Gasteiger partial charge is 0.123 e. The van der Waals surface area contributed by atoms with Gasteiger partial charge >= 0.3 is 0 Å². The fourth-order valence-electron chi connectivity index (χ4n) is 4.17. The SMILES string of the molecule is CN(C)CCCC1(c2ccc(F)cc2)OCC2=CC(C#N)=CCC21C. The molecule has 1 aromatic rings. The normalized spacial score (nSPS) is 28.3. The largest absolute Gasteiger partial charge is 0.365 e. The number of ether oxygens (including phenoxy) is 1. The van der Waals surface area contributed by atoms with Gasteiger partial charge in [-0.25, -0.2) is 4.39 Å². The van der Waals surface area contributed by atoms with Crippen molar-refractivity contribution in [2.75, 3.05) is 27.2 Å². The summed E-state index contributed by atoms with van der Waals surface area (Å²) in [5.74, 6) is -0.235. The summed E-state index contributed by atoms with van der Waals surface area (Å²) in [6.45, 7) is 3.71. The molecule has 1 fully saturated rings. The van der Waals surface area contributed by atoms with Gasteiger partial charge in [-0.1, -0.05) is 25.1 Å². The Morgan fingerprint density at radius 2 is 2.00 bits per heavy atom. The number of hydrogen-bond acceptors (Lipinski definition) is 3. The van der Waals surface area contributed by atoms with E-state index in [0.29, 0.717) is 12.2 Å². The zero-order chi connectivity index (χ0) is 18.1. The first kappa shape index (κ1) is 17.8. The number of benzene rings is 1. The average Bonchev–Trinajstić information content (AvgIpc) is 2.88. The van der Waals surface area contributed by atoms with Gasteiger partial charge in [0.25, 0.3) is 0 Å². The molecule has 1 aromatic carbocycles. The van der Waals surface area contributed by atoms with Crippen LogP contribution >= 0.6 is 0 Å². The highest BCUT2D eigenvalue weighted by atomic mass is 19.1. The summed E-state index contributed by atoms with van der Waals surface area (Å²) in [7, 11) is 4.13. The van der Waals surface area contributed by atoms with Crippen LogP contribution < -0.4 is 0 Å². The topological polar surface area (TPSA) is 36.3 Å². The molecule has 2 atom stereocenters. The number of allylic oxidation sites excluding steroid dienone is 3. The third kappa shape index (κ3) is 3.03. The molecule has 4 heteroatoms. The number of hydrogen-bond donors (Lipinski definition) is 0. The molecule has 0 bridgehead atoms. The predicted octanol–water partition coefficient (Wildman–Crippen LogP) is 4.18. The lowest BCUT2D eigenvalue weighted by atomic mass is 9.62. The molecule has 2 aliphatic rings. The summed E-state index contributed by atoms with van der Waals surface area (Å²) < 4.78 is 19.9. The van der Waals surface area contributed by atoms with Gasteiger partial charge in [0, 0.05) is 11.0 Å². The minimum Gasteiger partial charge on any atom is -0.365 e. The number of rotatable bonds is 5. The fourth-order valence-corrected chi connectivity index (χ4v) is 4.17. The van der Waals surface area contributed by atoms with Crippen molar-refractivity contribution in [1.82, 2.24) is 4.90 Å². The quantitative estimate of drug-likeness (QED) is 0.807. The molecule has 1 heterocycles. The average molecular weight is 340 g/mol. The molecule has 0 aromatic heterocycles. The third-order valence-corrected chi connectivity index (χ3v) is 5.71. The van der Waals surface area contributed by atoms with E-state index in [1.807, 2.05) is 24.3 Å². The van der Waals surface area contributed by atoms with Crippen molar-refractivity contribution in [2.24, 2.45) is 5.41 Å². The maximum atomic E-state index is 13.5. The second-order valence-electron chi connectivity index (χ2n) is 7.51. The van der Waals surface area contributed by atoms with Gasteiger partial charge in [0.2, 0.25) is 0 Å². The molecule has 0 saturated carbocycles. The summed E-state index contributed by atoms with van der Waals surface area (Å²) in [5, 5.41) is 9.22. The molecule has 1 aliphatic carbocycles. The Hall–Kier alpha value is -1.96. The molecule has 2 unspecified atom stereocenters. The number of fused-ring (bicyclic) bond motifs is 1. The zero-order valence-electron chi connectivity index (χ0n) is 15.2. The third-order valence-electron chi connectivity index (χ3n) is 5.71. The van der Waals surface area contributed by atoms with Crippen LogP contribution in [-0.2, 0) is 10.3 Å². The van der Waals surface area contributed by atoms with Gasteiger partial charge in [-0.15, -0.1) is 0 Å². The van der Waals surface area contributed by atoms with Crippen LogP contribution in [0.3, 0.4) is 0 Å². The molecule has 1 saturated heterocycles. The van der Waals surface area contributed by atoms with Gasteiger partial charge in [0.05, 0.1) is 12.7 Å². The van der Waals surface area contributed by atoms with E-state index in [0.717, 1.165) is 31.4 Å². The first-order valence-electron chi connectivity index (χ1n) is 8.77. The standard InChI is InChI=1S/C21H25FN2O/c1-20-11-9-16(14-23)13-18(20)15-25-21(20,10-4-12-24(2)3)17-5-7-19(22)8-6-17/h5-9,13H,4,10-12,15H2,1-3H3. The van der Waals surface area contributed by atoms with Crippen molar-refractivity contribution in [2.45, 2.75) is 31.8 Å². The van der Waals surface area contributed by atoms with Crippen molar-refractivity contribution in [3.8, 4) is 6.07 Å². The van der Waals surface area contributed by atoms with E-state index in [1.165, 1.54) is 17.7 Å². The number of nitrogens with zero attached hydrogens (tertiary/aromatic N) is 2. The second kappa shape index (κ2) is 6.74. The van der Waals surface area contributed by atoms with Crippen molar-refractivity contribution >= 4 is 0 Å². The number of nitriles is 1. The fraction of sp³-hybridized carbons (Fsp3) is 0.476. The van der Waals surface area contributed by atoms with Gasteiger partial charge in [-0.2, -0.15) is 5.26 Å². The van der Waals surface area contributed by atoms with Crippen LogP contribution in [0.25, 0.3) is 0 Å². The molecule has 0 amide bonds. The van der Waals surface area contributed by atoms with Gasteiger partial charge in [-0.3, -0.25) is 0 Å². The Kier molecular flexibility index (Phi) is 4.81. The van der Waals surface area contributed by atoms with E-state index in [9.17, 15) is 9.65 Å². The molecule has 0 spiro atoms. The van der Waals surface area contributed by atoms with E-state index in [4.69, 9.17) is 4.74 Å². The van der Waals surface area contributed by atoms with Crippen LogP contribution in [-0.4, -0.2) is 32.1 Å². The van der Waals surface area contributed by atoms with E-state index < -0.39 is 5.60 Å². The first-order chi connectivity index (χ1) is 11.9. The van der Waals surface area contributed by atoms with Crippen LogP contribution in [0.4, 0.5) is 4.39 Å².